The summed E-state index contributed by atoms with van der Waals surface area (Å²) in [6.45, 7) is 1.09. The van der Waals surface area contributed by atoms with Gasteiger partial charge in [0.1, 0.15) is 29.9 Å². The van der Waals surface area contributed by atoms with Gasteiger partial charge in [-0.25, -0.2) is 14.8 Å². The van der Waals surface area contributed by atoms with Crippen molar-refractivity contribution in [2.45, 2.75) is 12.7 Å². The predicted molar refractivity (Wildman–Crippen MR) is 130 cm³/mol. The van der Waals surface area contributed by atoms with Crippen LogP contribution in [-0.4, -0.2) is 40.4 Å². The number of nitrogens with one attached hydrogen (secondary N) is 1. The third-order valence-corrected chi connectivity index (χ3v) is 5.38. The van der Waals surface area contributed by atoms with Gasteiger partial charge in [-0.05, 0) is 42.5 Å². The molecule has 0 radical (unpaired) electrons. The Morgan fingerprint density at radius 1 is 1.08 bits per heavy atom. The van der Waals surface area contributed by atoms with Gasteiger partial charge in [0.05, 0.1) is 29.3 Å². The van der Waals surface area contributed by atoms with E-state index in [1.807, 2.05) is 16.8 Å². The van der Waals surface area contributed by atoms with Gasteiger partial charge < -0.3 is 29.8 Å². The van der Waals surface area contributed by atoms with E-state index in [1.165, 1.54) is 18.5 Å². The lowest BCUT2D eigenvalue weighted by Crippen LogP contribution is -2.17. The molecule has 4 rings (SSSR count). The molecule has 0 spiro atoms. The molecule has 1 amide bonds. The van der Waals surface area contributed by atoms with Crippen molar-refractivity contribution in [3.05, 3.63) is 71.6 Å². The largest absolute Gasteiger partial charge is 0.456 e. The van der Waals surface area contributed by atoms with Gasteiger partial charge in [-0.1, -0.05) is 17.7 Å². The maximum atomic E-state index is 13.0. The zero-order valence-electron chi connectivity index (χ0n) is 19.2. The number of halogens is 4. The number of alkyl halides is 3. The van der Waals surface area contributed by atoms with Crippen LogP contribution in [0.3, 0.4) is 0 Å². The minimum Gasteiger partial charge on any atom is -0.456 e. The zero-order chi connectivity index (χ0) is 26.4. The number of nitrogens with zero attached hydrogens (tertiary/aromatic N) is 3. The summed E-state index contributed by atoms with van der Waals surface area (Å²) in [7, 11) is 0. The van der Waals surface area contributed by atoms with E-state index in [-0.39, 0.29) is 29.7 Å². The second-order valence-electron chi connectivity index (χ2n) is 7.64. The number of carbonyl (C=O) groups excluding carboxylic acids is 1. The maximum absolute atomic E-state index is 13.0. The number of hydrogen-bond donors (Lipinski definition) is 2. The maximum Gasteiger partial charge on any atom is 0.416 e. The van der Waals surface area contributed by atoms with E-state index in [1.54, 1.807) is 18.2 Å². The molecule has 2 heterocycles. The lowest BCUT2D eigenvalue weighted by atomic mass is 10.2. The Bertz CT molecular complexity index is 1400. The molecule has 0 aliphatic heterocycles. The van der Waals surface area contributed by atoms with Crippen molar-refractivity contribution in [3.63, 3.8) is 0 Å². The fourth-order valence-electron chi connectivity index (χ4n) is 3.44. The summed E-state index contributed by atoms with van der Waals surface area (Å²) in [5.41, 5.74) is 6.08. The number of anilines is 2. The van der Waals surface area contributed by atoms with E-state index in [9.17, 15) is 18.0 Å². The van der Waals surface area contributed by atoms with E-state index >= 15 is 0 Å². The molecule has 9 nitrogen and oxygen atoms in total. The van der Waals surface area contributed by atoms with Gasteiger partial charge in [0.25, 0.3) is 0 Å². The van der Waals surface area contributed by atoms with Crippen molar-refractivity contribution in [1.29, 1.82) is 0 Å². The first kappa shape index (κ1) is 26.0. The second-order valence-corrected chi connectivity index (χ2v) is 8.05. The van der Waals surface area contributed by atoms with Crippen molar-refractivity contribution in [3.8, 4) is 11.5 Å². The number of ether oxygens (including phenoxy) is 3. The van der Waals surface area contributed by atoms with Crippen LogP contribution in [0.15, 0.2) is 61.1 Å². The van der Waals surface area contributed by atoms with Gasteiger partial charge in [0.2, 0.25) is 0 Å². The fraction of sp³-hybridized carbons (Fsp3) is 0.208. The third kappa shape index (κ3) is 6.80. The normalized spacial score (nSPS) is 11.5. The van der Waals surface area contributed by atoms with Crippen LogP contribution >= 0.6 is 11.6 Å². The van der Waals surface area contributed by atoms with Gasteiger partial charge in [-0.3, -0.25) is 0 Å². The van der Waals surface area contributed by atoms with E-state index in [4.69, 9.17) is 26.8 Å². The van der Waals surface area contributed by atoms with E-state index < -0.39 is 17.8 Å². The highest BCUT2D eigenvalue weighted by Crippen LogP contribution is 2.36. The molecule has 2 aromatic heterocycles. The smallest absolute Gasteiger partial charge is 0.416 e. The highest BCUT2D eigenvalue weighted by atomic mass is 35.5. The Labute approximate surface area is 213 Å². The third-order valence-electron chi connectivity index (χ3n) is 5.08. The average Bonchev–Trinajstić information content (AvgIpc) is 3.26. The molecule has 4 aromatic rings. The number of aromatic nitrogens is 3. The highest BCUT2D eigenvalue weighted by molar-refractivity contribution is 6.32. The van der Waals surface area contributed by atoms with Crippen molar-refractivity contribution < 1.29 is 32.2 Å². The summed E-state index contributed by atoms with van der Waals surface area (Å²) in [4.78, 5) is 19.2. The first-order valence-electron chi connectivity index (χ1n) is 10.9. The number of primary amides is 1. The van der Waals surface area contributed by atoms with E-state index in [2.05, 4.69) is 20.0 Å². The molecule has 13 heteroatoms. The van der Waals surface area contributed by atoms with Crippen molar-refractivity contribution in [2.75, 3.05) is 25.1 Å². The summed E-state index contributed by atoms with van der Waals surface area (Å²) >= 11 is 6.35. The van der Waals surface area contributed by atoms with Crippen LogP contribution in [0.2, 0.25) is 5.02 Å². The Hall–Kier alpha value is -4.03. The molecule has 0 saturated heterocycles. The van der Waals surface area contributed by atoms with Crippen molar-refractivity contribution >= 4 is 40.2 Å². The Morgan fingerprint density at radius 2 is 1.92 bits per heavy atom. The number of amides is 1. The molecule has 194 valence electrons. The summed E-state index contributed by atoms with van der Waals surface area (Å²) in [5, 5.41) is 3.37. The molecule has 37 heavy (non-hydrogen) atoms. The van der Waals surface area contributed by atoms with Crippen LogP contribution in [0.1, 0.15) is 5.56 Å². The van der Waals surface area contributed by atoms with Crippen LogP contribution in [0.25, 0.3) is 11.0 Å². The monoisotopic (exact) mass is 535 g/mol. The van der Waals surface area contributed by atoms with Gasteiger partial charge >= 0.3 is 12.3 Å². The number of carbonyl (C=O) groups is 1. The lowest BCUT2D eigenvalue weighted by molar-refractivity contribution is -0.137. The first-order valence-corrected chi connectivity index (χ1v) is 11.3. The Kier molecular flexibility index (Phi) is 7.99. The van der Waals surface area contributed by atoms with Crippen LogP contribution in [0.4, 0.5) is 29.5 Å². The molecule has 2 aromatic carbocycles. The molecule has 0 bridgehead atoms. The van der Waals surface area contributed by atoms with Gasteiger partial charge in [0, 0.05) is 18.4 Å². The molecule has 0 fully saturated rings. The number of fused-ring (bicyclic) bond motifs is 1. The molecule has 0 aliphatic carbocycles. The summed E-state index contributed by atoms with van der Waals surface area (Å²) < 4.78 is 56.5. The number of hydrogen-bond acceptors (Lipinski definition) is 7. The van der Waals surface area contributed by atoms with Crippen molar-refractivity contribution in [2.24, 2.45) is 5.73 Å². The average molecular weight is 536 g/mol. The van der Waals surface area contributed by atoms with Crippen LogP contribution in [0.5, 0.6) is 11.5 Å². The highest BCUT2D eigenvalue weighted by Gasteiger charge is 2.30. The van der Waals surface area contributed by atoms with E-state index in [0.29, 0.717) is 30.2 Å². The van der Waals surface area contributed by atoms with Crippen LogP contribution in [-0.2, 0) is 22.2 Å². The summed E-state index contributed by atoms with van der Waals surface area (Å²) in [5.74, 6) is 0.714. The number of rotatable bonds is 10. The number of benzene rings is 2. The molecule has 0 aliphatic rings. The lowest BCUT2D eigenvalue weighted by Gasteiger charge is -2.13. The molecular weight excluding hydrogens is 515 g/mol. The molecule has 0 atom stereocenters. The molecular formula is C24H21ClF3N5O4. The second kappa shape index (κ2) is 11.4. The minimum atomic E-state index is -4.48. The van der Waals surface area contributed by atoms with Gasteiger partial charge in [-0.15, -0.1) is 0 Å². The predicted octanol–water partition coefficient (Wildman–Crippen LogP) is 5.75. The Morgan fingerprint density at radius 3 is 2.68 bits per heavy atom. The Balaban J connectivity index is 1.45. The van der Waals surface area contributed by atoms with Gasteiger partial charge in [0.15, 0.2) is 5.82 Å². The summed E-state index contributed by atoms with van der Waals surface area (Å²) in [6.07, 6.45) is -2.09. The zero-order valence-corrected chi connectivity index (χ0v) is 19.9. The van der Waals surface area contributed by atoms with Crippen molar-refractivity contribution in [1.82, 2.24) is 14.5 Å². The molecule has 0 saturated carbocycles. The fourth-order valence-corrected chi connectivity index (χ4v) is 3.66. The van der Waals surface area contributed by atoms with E-state index in [0.717, 1.165) is 17.6 Å². The topological polar surface area (TPSA) is 114 Å². The number of nitrogens with two attached hydrogens (primary N) is 1. The van der Waals surface area contributed by atoms with Crippen LogP contribution < -0.4 is 15.8 Å². The molecule has 3 N–H and O–H groups in total. The standard InChI is InChI=1S/C24H21ClF3N5O4/c25-18-13-16(4-5-20(18)37-17-3-1-2-15(12-17)24(26,27)28)32-22-21-19(30-14-31-22)6-7-33(21)8-9-35-10-11-36-23(29)34/h1-7,12-14H,8-11H2,(H2,29,34)(H,30,31,32). The quantitative estimate of drug-likeness (QED) is 0.248. The minimum absolute atomic E-state index is 0.0104. The molecule has 0 unspecified atom stereocenters. The van der Waals surface area contributed by atoms with Gasteiger partial charge in [-0.2, -0.15) is 13.2 Å². The van der Waals surface area contributed by atoms with Crippen LogP contribution in [0, 0.1) is 0 Å². The SMILES string of the molecule is NC(=O)OCCOCCn1ccc2ncnc(Nc3ccc(Oc4cccc(C(F)(F)F)c4)c(Cl)c3)c21. The summed E-state index contributed by atoms with van der Waals surface area (Å²) in [6, 6.07) is 11.2. The first-order chi connectivity index (χ1) is 17.7.